The molecule has 10 nitrogen and oxygen atoms in total. The number of carbonyl (C=O) groups excluding carboxylic acids is 2. The highest BCUT2D eigenvalue weighted by atomic mass is 28.4. The SMILES string of the molecule is C=C1C[C@H](CCC(=O)/C=C/[C@H](O[Si](CC)(CC)CC)[C@@H]2O[C@H]3CC[C@H](CC(=O)OC)O[C@@H]3[C@H](O[Si](CC)(CC)CC)[C@@H]2O[Si](CC)(CC)CC)O[C@H]1CCO[Si](c1ccccc1)(c1ccccc1)C(C)(C)C. The van der Waals surface area contributed by atoms with Crippen molar-refractivity contribution in [2.45, 2.75) is 242 Å². The molecule has 3 heterocycles. The zero-order chi connectivity index (χ0) is 52.7. The molecule has 9 atom stereocenters. The first-order valence-corrected chi connectivity index (χ1v) is 37.6. The highest BCUT2D eigenvalue weighted by Gasteiger charge is 2.57. The first-order chi connectivity index (χ1) is 34.4. The number of ketones is 1. The van der Waals surface area contributed by atoms with E-state index >= 15 is 0 Å². The van der Waals surface area contributed by atoms with Crippen molar-refractivity contribution in [2.75, 3.05) is 13.7 Å². The second-order valence-corrected chi connectivity index (χ2v) is 40.4. The van der Waals surface area contributed by atoms with Gasteiger partial charge in [-0.3, -0.25) is 9.59 Å². The summed E-state index contributed by atoms with van der Waals surface area (Å²) < 4.78 is 56.2. The van der Waals surface area contributed by atoms with E-state index in [0.29, 0.717) is 38.7 Å². The van der Waals surface area contributed by atoms with Crippen molar-refractivity contribution >= 4 is 55.4 Å². The summed E-state index contributed by atoms with van der Waals surface area (Å²) in [4.78, 5) is 26.8. The van der Waals surface area contributed by atoms with Gasteiger partial charge in [-0.05, 0) is 114 Å². The molecule has 2 aromatic rings. The van der Waals surface area contributed by atoms with E-state index in [1.54, 1.807) is 6.08 Å². The van der Waals surface area contributed by atoms with E-state index in [4.69, 9.17) is 36.7 Å². The number of carbonyl (C=O) groups is 2. The molecule has 2 aromatic carbocycles. The fraction of sp³-hybridized carbons (Fsp3) is 0.690. The topological polar surface area (TPSA) is 108 Å². The van der Waals surface area contributed by atoms with Crippen LogP contribution >= 0.6 is 0 Å². The Hall–Kier alpha value is -2.35. The van der Waals surface area contributed by atoms with E-state index in [1.807, 2.05) is 6.08 Å². The maximum atomic E-state index is 14.2. The smallest absolute Gasteiger partial charge is 0.308 e. The van der Waals surface area contributed by atoms with Crippen LogP contribution in [0.15, 0.2) is 85.0 Å². The Balaban J connectivity index is 1.40. The highest BCUT2D eigenvalue weighted by Crippen LogP contribution is 2.43. The monoisotopic (exact) mass is 1060 g/mol. The van der Waals surface area contributed by atoms with Gasteiger partial charge < -0.3 is 36.7 Å². The number of esters is 1. The van der Waals surface area contributed by atoms with Gasteiger partial charge in [0, 0.05) is 13.0 Å². The van der Waals surface area contributed by atoms with E-state index in [2.05, 4.69) is 150 Å². The van der Waals surface area contributed by atoms with Gasteiger partial charge in [-0.1, -0.05) is 156 Å². The molecule has 0 bridgehead atoms. The lowest BCUT2D eigenvalue weighted by Gasteiger charge is -2.55. The average Bonchev–Trinajstić information content (AvgIpc) is 3.76. The first-order valence-electron chi connectivity index (χ1n) is 28.1. The number of allylic oxidation sites excluding steroid dienone is 1. The Labute approximate surface area is 440 Å². The molecule has 0 aromatic heterocycles. The molecular formula is C58H96O10Si4. The molecule has 3 saturated heterocycles. The summed E-state index contributed by atoms with van der Waals surface area (Å²) in [5.74, 6) is -0.246. The largest absolute Gasteiger partial charge is 0.469 e. The molecule has 0 unspecified atom stereocenters. The van der Waals surface area contributed by atoms with Crippen LogP contribution in [0.3, 0.4) is 0 Å². The van der Waals surface area contributed by atoms with Gasteiger partial charge >= 0.3 is 5.97 Å². The molecule has 0 saturated carbocycles. The van der Waals surface area contributed by atoms with E-state index in [9.17, 15) is 9.59 Å². The summed E-state index contributed by atoms with van der Waals surface area (Å²) in [5.41, 5.74) is 1.06. The molecule has 3 fully saturated rings. The molecule has 0 amide bonds. The summed E-state index contributed by atoms with van der Waals surface area (Å²) in [7, 11) is -8.12. The van der Waals surface area contributed by atoms with Crippen LogP contribution in [0, 0.1) is 0 Å². The molecule has 0 radical (unpaired) electrons. The number of hydrogen-bond donors (Lipinski definition) is 0. The van der Waals surface area contributed by atoms with Crippen molar-refractivity contribution in [3.8, 4) is 0 Å². The predicted octanol–water partition coefficient (Wildman–Crippen LogP) is 12.6. The van der Waals surface area contributed by atoms with Crippen LogP contribution in [-0.2, 0) is 46.2 Å². The molecule has 3 aliphatic heterocycles. The summed E-state index contributed by atoms with van der Waals surface area (Å²) in [6.45, 7) is 32.2. The Bertz CT molecular complexity index is 1940. The summed E-state index contributed by atoms with van der Waals surface area (Å²) in [6, 6.07) is 30.1. The lowest BCUT2D eigenvalue weighted by atomic mass is 9.87. The van der Waals surface area contributed by atoms with Crippen LogP contribution in [0.2, 0.25) is 59.4 Å². The molecule has 3 aliphatic rings. The Morgan fingerprint density at radius 1 is 0.694 bits per heavy atom. The van der Waals surface area contributed by atoms with E-state index in [0.717, 1.165) is 66.4 Å². The molecule has 0 N–H and O–H groups in total. The minimum absolute atomic E-state index is 0.0346. The normalized spacial score (nSPS) is 24.9. The van der Waals surface area contributed by atoms with Crippen LogP contribution in [0.25, 0.3) is 0 Å². The Kier molecular flexibility index (Phi) is 23.2. The van der Waals surface area contributed by atoms with Crippen molar-refractivity contribution < 1.29 is 46.2 Å². The third-order valence-electron chi connectivity index (χ3n) is 17.3. The zero-order valence-corrected chi connectivity index (χ0v) is 50.9. The van der Waals surface area contributed by atoms with Crippen molar-refractivity contribution in [1.29, 1.82) is 0 Å². The number of benzene rings is 2. The van der Waals surface area contributed by atoms with Gasteiger partial charge in [0.25, 0.3) is 8.32 Å². The van der Waals surface area contributed by atoms with Crippen LogP contribution in [0.5, 0.6) is 0 Å². The summed E-state index contributed by atoms with van der Waals surface area (Å²) >= 11 is 0. The number of rotatable bonds is 29. The minimum Gasteiger partial charge on any atom is -0.469 e. The van der Waals surface area contributed by atoms with Crippen LogP contribution in [-0.4, -0.2) is 114 Å². The molecular weight excluding hydrogens is 969 g/mol. The Morgan fingerprint density at radius 3 is 1.72 bits per heavy atom. The van der Waals surface area contributed by atoms with Gasteiger partial charge in [-0.25, -0.2) is 0 Å². The van der Waals surface area contributed by atoms with Crippen LogP contribution in [0.1, 0.15) is 128 Å². The molecule has 5 rings (SSSR count). The van der Waals surface area contributed by atoms with Crippen LogP contribution < -0.4 is 10.4 Å². The lowest BCUT2D eigenvalue weighted by molar-refractivity contribution is -0.266. The number of methoxy groups -OCH3 is 1. The lowest BCUT2D eigenvalue weighted by Crippen LogP contribution is -2.68. The predicted molar refractivity (Wildman–Crippen MR) is 303 cm³/mol. The maximum absolute atomic E-state index is 14.2. The summed E-state index contributed by atoms with van der Waals surface area (Å²) in [6.07, 6.45) is 4.44. The van der Waals surface area contributed by atoms with Gasteiger partial charge in [-0.2, -0.15) is 0 Å². The standard InChI is InChI=1S/C58H96O10Si4/c1-15-69(16-2,17-3)66-52(55-57(68-71(21-7,22-8)23-9)56(67-70(18-4,19-5)20-6)54-51(65-55)39-37-47(64-54)43-53(60)61-14)38-35-45(59)34-36-46-42-44(10)50(63-46)40-41-62-72(58(11,12)13,48-30-26-24-27-31-48)49-32-28-25-29-33-49/h24-33,35,38,46-47,50-52,54-57H,10,15-23,34,36-37,39-43H2,1-9,11-14H3/b38-35+/t46-,47+,50-,51-,52-,54-,55-,56-,57+/m0/s1. The second-order valence-electron chi connectivity index (χ2n) is 22.0. The second kappa shape index (κ2) is 27.6. The zero-order valence-electron chi connectivity index (χ0n) is 46.9. The number of ether oxygens (including phenoxy) is 4. The van der Waals surface area contributed by atoms with E-state index < -0.39 is 63.8 Å². The van der Waals surface area contributed by atoms with Crippen LogP contribution in [0.4, 0.5) is 0 Å². The molecule has 404 valence electrons. The fourth-order valence-electron chi connectivity index (χ4n) is 11.9. The third-order valence-corrected chi connectivity index (χ3v) is 36.3. The van der Waals surface area contributed by atoms with Crippen molar-refractivity contribution in [2.24, 2.45) is 0 Å². The number of hydrogen-bond acceptors (Lipinski definition) is 10. The van der Waals surface area contributed by atoms with E-state index in [1.165, 1.54) is 17.5 Å². The molecule has 72 heavy (non-hydrogen) atoms. The van der Waals surface area contributed by atoms with Crippen molar-refractivity contribution in [3.05, 3.63) is 85.0 Å². The fourth-order valence-corrected chi connectivity index (χ4v) is 25.0. The molecule has 0 spiro atoms. The summed E-state index contributed by atoms with van der Waals surface area (Å²) in [5, 5.41) is 2.40. The molecule has 0 aliphatic carbocycles. The first kappa shape index (κ1) is 60.5. The highest BCUT2D eigenvalue weighted by molar-refractivity contribution is 6.99. The van der Waals surface area contributed by atoms with Gasteiger partial charge in [-0.15, -0.1) is 0 Å². The maximum Gasteiger partial charge on any atom is 0.308 e. The minimum atomic E-state index is -2.69. The van der Waals surface area contributed by atoms with Gasteiger partial charge in [0.1, 0.15) is 24.4 Å². The quantitative estimate of drug-likeness (QED) is 0.0338. The molecule has 14 heteroatoms. The van der Waals surface area contributed by atoms with Crippen molar-refractivity contribution in [1.82, 2.24) is 0 Å². The average molecular weight is 1070 g/mol. The van der Waals surface area contributed by atoms with E-state index in [-0.39, 0.29) is 47.6 Å². The third kappa shape index (κ3) is 14.4. The van der Waals surface area contributed by atoms with Gasteiger partial charge in [0.15, 0.2) is 30.7 Å². The van der Waals surface area contributed by atoms with Crippen molar-refractivity contribution in [3.63, 3.8) is 0 Å². The Morgan fingerprint density at radius 2 is 1.22 bits per heavy atom. The van der Waals surface area contributed by atoms with Gasteiger partial charge in [0.05, 0.1) is 44.1 Å². The number of fused-ring (bicyclic) bond motifs is 1. The van der Waals surface area contributed by atoms with Gasteiger partial charge in [0.2, 0.25) is 0 Å².